The fourth-order valence-corrected chi connectivity index (χ4v) is 3.70. The summed E-state index contributed by atoms with van der Waals surface area (Å²) < 4.78 is 7.79. The highest BCUT2D eigenvalue weighted by Gasteiger charge is 2.26. The van der Waals surface area contributed by atoms with Gasteiger partial charge in [-0.2, -0.15) is 0 Å². The van der Waals surface area contributed by atoms with Gasteiger partial charge in [0.05, 0.1) is 41.0 Å². The number of aliphatic hydroxyl groups is 1. The van der Waals surface area contributed by atoms with Crippen LogP contribution in [0.25, 0.3) is 10.9 Å². The molecule has 8 heteroatoms. The number of benzene rings is 1. The van der Waals surface area contributed by atoms with E-state index in [9.17, 15) is 9.90 Å². The summed E-state index contributed by atoms with van der Waals surface area (Å²) >= 11 is 9.45. The van der Waals surface area contributed by atoms with Crippen LogP contribution >= 0.6 is 27.5 Å². The summed E-state index contributed by atoms with van der Waals surface area (Å²) in [6.45, 7) is 1.26. The highest BCUT2D eigenvalue weighted by molar-refractivity contribution is 9.10. The fraction of sp³-hybridized carbons (Fsp3) is 0.529. The van der Waals surface area contributed by atoms with E-state index < -0.39 is 0 Å². The van der Waals surface area contributed by atoms with Crippen molar-refractivity contribution in [2.45, 2.75) is 44.1 Å². The van der Waals surface area contributed by atoms with Crippen LogP contribution in [0.5, 0.6) is 0 Å². The molecule has 0 radical (unpaired) electrons. The van der Waals surface area contributed by atoms with Crippen LogP contribution in [0.2, 0.25) is 5.02 Å². The van der Waals surface area contributed by atoms with Crippen molar-refractivity contribution < 1.29 is 9.84 Å². The number of ether oxygens (including phenoxy) is 1. The van der Waals surface area contributed by atoms with Crippen LogP contribution in [0.1, 0.15) is 19.3 Å². The number of piperidine rings is 1. The number of fused-ring (bicyclic) bond motifs is 1. The summed E-state index contributed by atoms with van der Waals surface area (Å²) in [6.07, 6.45) is 3.34. The molecule has 0 bridgehead atoms. The van der Waals surface area contributed by atoms with E-state index in [1.165, 1.54) is 10.9 Å². The van der Waals surface area contributed by atoms with E-state index in [0.717, 1.165) is 19.4 Å². The molecule has 25 heavy (non-hydrogen) atoms. The lowest BCUT2D eigenvalue weighted by Crippen LogP contribution is -2.47. The molecule has 0 spiro atoms. The number of aromatic nitrogens is 2. The number of hydrogen-bond donors (Lipinski definition) is 2. The Labute approximate surface area is 159 Å². The lowest BCUT2D eigenvalue weighted by Gasteiger charge is -2.31. The normalized spacial score (nSPS) is 22.2. The minimum atomic E-state index is -0.381. The maximum atomic E-state index is 12.7. The zero-order valence-electron chi connectivity index (χ0n) is 13.9. The van der Waals surface area contributed by atoms with Crippen molar-refractivity contribution in [3.8, 4) is 0 Å². The van der Waals surface area contributed by atoms with Crippen molar-refractivity contribution >= 4 is 38.4 Å². The van der Waals surface area contributed by atoms with Crippen molar-refractivity contribution in [2.24, 2.45) is 0 Å². The summed E-state index contributed by atoms with van der Waals surface area (Å²) in [5.41, 5.74) is 0.439. The molecule has 3 rings (SSSR count). The maximum Gasteiger partial charge on any atom is 0.261 e. The first-order chi connectivity index (χ1) is 12.0. The molecule has 136 valence electrons. The third-order valence-electron chi connectivity index (χ3n) is 4.66. The number of nitrogens with one attached hydrogen (secondary N) is 1. The van der Waals surface area contributed by atoms with Crippen molar-refractivity contribution in [1.29, 1.82) is 0 Å². The SMILES string of the molecule is CO[C@@H](C[C@H]1NCCC[C@@H]1O)Cn1cnc2cc(Br)c(Cl)cc2c1=O. The van der Waals surface area contributed by atoms with E-state index in [1.54, 1.807) is 19.2 Å². The Balaban J connectivity index is 1.82. The van der Waals surface area contributed by atoms with Crippen LogP contribution in [0.3, 0.4) is 0 Å². The van der Waals surface area contributed by atoms with Crippen LogP contribution in [0.15, 0.2) is 27.7 Å². The highest BCUT2D eigenvalue weighted by atomic mass is 79.9. The molecule has 1 aromatic heterocycles. The van der Waals surface area contributed by atoms with Crippen molar-refractivity contribution in [3.63, 3.8) is 0 Å². The van der Waals surface area contributed by atoms with E-state index in [-0.39, 0.29) is 23.8 Å². The summed E-state index contributed by atoms with van der Waals surface area (Å²) in [5.74, 6) is 0. The molecule has 2 aromatic rings. The lowest BCUT2D eigenvalue weighted by atomic mass is 9.96. The average molecular weight is 431 g/mol. The Morgan fingerprint density at radius 1 is 1.56 bits per heavy atom. The van der Waals surface area contributed by atoms with Crippen molar-refractivity contribution in [3.05, 3.63) is 38.3 Å². The van der Waals surface area contributed by atoms with Gasteiger partial charge in [-0.05, 0) is 53.9 Å². The Morgan fingerprint density at radius 3 is 3.08 bits per heavy atom. The second-order valence-corrected chi connectivity index (χ2v) is 7.61. The summed E-state index contributed by atoms with van der Waals surface area (Å²) in [4.78, 5) is 17.1. The van der Waals surface area contributed by atoms with Gasteiger partial charge in [-0.3, -0.25) is 9.36 Å². The minimum absolute atomic E-state index is 0.0202. The van der Waals surface area contributed by atoms with Gasteiger partial charge in [-0.15, -0.1) is 0 Å². The Kier molecular flexibility index (Phi) is 6.12. The van der Waals surface area contributed by atoms with Gasteiger partial charge in [0.2, 0.25) is 0 Å². The topological polar surface area (TPSA) is 76.4 Å². The molecule has 0 unspecified atom stereocenters. The first-order valence-corrected chi connectivity index (χ1v) is 9.45. The lowest BCUT2D eigenvalue weighted by molar-refractivity contribution is 0.0306. The van der Waals surface area contributed by atoms with Gasteiger partial charge in [-0.1, -0.05) is 11.6 Å². The van der Waals surface area contributed by atoms with E-state index in [0.29, 0.717) is 33.4 Å². The van der Waals surface area contributed by atoms with E-state index in [2.05, 4.69) is 26.2 Å². The Bertz CT molecular complexity index is 814. The number of hydrogen-bond acceptors (Lipinski definition) is 5. The smallest absolute Gasteiger partial charge is 0.261 e. The molecule has 2 heterocycles. The van der Waals surface area contributed by atoms with Gasteiger partial charge in [0.1, 0.15) is 0 Å². The van der Waals surface area contributed by atoms with Crippen LogP contribution < -0.4 is 10.9 Å². The monoisotopic (exact) mass is 429 g/mol. The minimum Gasteiger partial charge on any atom is -0.392 e. The van der Waals surface area contributed by atoms with Crippen LogP contribution in [-0.2, 0) is 11.3 Å². The Morgan fingerprint density at radius 2 is 2.36 bits per heavy atom. The van der Waals surface area contributed by atoms with E-state index in [4.69, 9.17) is 16.3 Å². The average Bonchev–Trinajstić information content (AvgIpc) is 2.60. The van der Waals surface area contributed by atoms with Crippen LogP contribution in [0, 0.1) is 0 Å². The van der Waals surface area contributed by atoms with Crippen molar-refractivity contribution in [2.75, 3.05) is 13.7 Å². The zero-order valence-corrected chi connectivity index (χ0v) is 16.3. The predicted molar refractivity (Wildman–Crippen MR) is 101 cm³/mol. The van der Waals surface area contributed by atoms with Gasteiger partial charge in [0.25, 0.3) is 5.56 Å². The maximum absolute atomic E-state index is 12.7. The number of aliphatic hydroxyl groups excluding tert-OH is 1. The molecule has 2 N–H and O–H groups in total. The number of methoxy groups -OCH3 is 1. The summed E-state index contributed by atoms with van der Waals surface area (Å²) in [7, 11) is 1.62. The Hall–Kier alpha value is -0.990. The second-order valence-electron chi connectivity index (χ2n) is 6.35. The van der Waals surface area contributed by atoms with Gasteiger partial charge in [0.15, 0.2) is 0 Å². The molecule has 0 aliphatic carbocycles. The first kappa shape index (κ1) is 18.8. The van der Waals surface area contributed by atoms with Gasteiger partial charge < -0.3 is 15.2 Å². The number of rotatable bonds is 5. The second kappa shape index (κ2) is 8.14. The molecule has 1 saturated heterocycles. The largest absolute Gasteiger partial charge is 0.392 e. The summed E-state index contributed by atoms with van der Waals surface area (Å²) in [5, 5.41) is 14.4. The van der Waals surface area contributed by atoms with Crippen LogP contribution in [-0.4, -0.2) is 46.6 Å². The molecule has 1 aliphatic heterocycles. The van der Waals surface area contributed by atoms with Crippen molar-refractivity contribution in [1.82, 2.24) is 14.9 Å². The van der Waals surface area contributed by atoms with Gasteiger partial charge in [-0.25, -0.2) is 4.98 Å². The molecular weight excluding hydrogens is 410 g/mol. The predicted octanol–water partition coefficient (Wildman–Crippen LogP) is 2.33. The van der Waals surface area contributed by atoms with Gasteiger partial charge >= 0.3 is 0 Å². The standard InChI is InChI=1S/C17H21BrClN3O3/c1-25-10(5-15-16(23)3-2-4-20-15)8-22-9-21-14-7-12(18)13(19)6-11(14)17(22)24/h6-7,9-10,15-16,20,23H,2-5,8H2,1H3/t10-,15+,16-/m0/s1. The quantitative estimate of drug-likeness (QED) is 0.761. The first-order valence-electron chi connectivity index (χ1n) is 8.28. The third kappa shape index (κ3) is 4.23. The molecule has 1 aliphatic rings. The molecule has 3 atom stereocenters. The fourth-order valence-electron chi connectivity index (χ4n) is 3.21. The third-order valence-corrected chi connectivity index (χ3v) is 5.86. The molecule has 1 aromatic carbocycles. The zero-order chi connectivity index (χ0) is 18.0. The highest BCUT2D eigenvalue weighted by Crippen LogP contribution is 2.25. The van der Waals surface area contributed by atoms with Gasteiger partial charge in [0, 0.05) is 17.6 Å². The van der Waals surface area contributed by atoms with Crippen LogP contribution in [0.4, 0.5) is 0 Å². The molecular formula is C17H21BrClN3O3. The van der Waals surface area contributed by atoms with E-state index in [1.807, 2.05) is 0 Å². The summed E-state index contributed by atoms with van der Waals surface area (Å²) in [6, 6.07) is 3.34. The number of nitrogens with zero attached hydrogens (tertiary/aromatic N) is 2. The molecule has 1 fully saturated rings. The molecule has 0 amide bonds. The molecule has 0 saturated carbocycles. The molecule has 6 nitrogen and oxygen atoms in total. The van der Waals surface area contributed by atoms with E-state index >= 15 is 0 Å². The number of halogens is 2.